The number of carboxylic acid groups (broad SMARTS) is 1. The van der Waals surface area contributed by atoms with Crippen LogP contribution in [0.2, 0.25) is 0 Å². The number of benzene rings is 1. The first-order valence-electron chi connectivity index (χ1n) is 4.10. The van der Waals surface area contributed by atoms with Gasteiger partial charge in [-0.25, -0.2) is 4.79 Å². The molecule has 0 amide bonds. The highest BCUT2D eigenvalue weighted by atomic mass is 16.4. The number of rotatable bonds is 2. The van der Waals surface area contributed by atoms with Crippen molar-refractivity contribution in [1.82, 2.24) is 0 Å². The molecular formula is C9H9N3O2. The number of nitrogens with zero attached hydrogens (tertiary/aromatic N) is 3. The van der Waals surface area contributed by atoms with Crippen LogP contribution < -0.4 is 4.90 Å². The minimum atomic E-state index is -0.967. The zero-order valence-corrected chi connectivity index (χ0v) is 7.85. The Hall–Kier alpha value is -1.91. The normalized spacial score (nSPS) is 11.9. The summed E-state index contributed by atoms with van der Waals surface area (Å²) in [5.74, 6) is -0.967. The summed E-state index contributed by atoms with van der Waals surface area (Å²) in [4.78, 5) is 12.7. The number of anilines is 1. The highest BCUT2D eigenvalue weighted by Gasteiger charge is 2.23. The molecule has 14 heavy (non-hydrogen) atoms. The molecule has 1 aliphatic rings. The van der Waals surface area contributed by atoms with E-state index in [4.69, 9.17) is 5.11 Å². The fourth-order valence-electron chi connectivity index (χ4n) is 1.36. The SMILES string of the molecule is CN(C)c1ccc(C(=O)O)c2c1N=N2. The number of azo groups is 1. The molecule has 0 radical (unpaired) electrons. The number of carbonyl (C=O) groups is 1. The van der Waals surface area contributed by atoms with Crippen LogP contribution in [0.1, 0.15) is 10.4 Å². The summed E-state index contributed by atoms with van der Waals surface area (Å²) in [5, 5.41) is 16.4. The van der Waals surface area contributed by atoms with Crippen molar-refractivity contribution in [2.75, 3.05) is 19.0 Å². The van der Waals surface area contributed by atoms with Crippen LogP contribution in [0.3, 0.4) is 0 Å². The van der Waals surface area contributed by atoms with Crippen LogP contribution in [-0.2, 0) is 0 Å². The van der Waals surface area contributed by atoms with E-state index < -0.39 is 5.97 Å². The molecule has 0 saturated heterocycles. The van der Waals surface area contributed by atoms with E-state index in [-0.39, 0.29) is 5.56 Å². The minimum Gasteiger partial charge on any atom is -0.478 e. The zero-order chi connectivity index (χ0) is 10.3. The quantitative estimate of drug-likeness (QED) is 0.791. The van der Waals surface area contributed by atoms with Crippen molar-refractivity contribution in [3.8, 4) is 0 Å². The Bertz CT molecular complexity index is 438. The molecule has 1 N–H and O–H groups in total. The van der Waals surface area contributed by atoms with Gasteiger partial charge in [-0.3, -0.25) is 0 Å². The van der Waals surface area contributed by atoms with Crippen molar-refractivity contribution in [2.45, 2.75) is 0 Å². The van der Waals surface area contributed by atoms with Gasteiger partial charge in [0.1, 0.15) is 11.4 Å². The average Bonchev–Trinajstić information content (AvgIpc) is 2.04. The van der Waals surface area contributed by atoms with Gasteiger partial charge in [-0.1, -0.05) is 0 Å². The van der Waals surface area contributed by atoms with E-state index in [9.17, 15) is 4.79 Å². The first-order valence-corrected chi connectivity index (χ1v) is 4.10. The lowest BCUT2D eigenvalue weighted by molar-refractivity contribution is 0.0697. The third-order valence-electron chi connectivity index (χ3n) is 2.09. The number of hydrogen-bond acceptors (Lipinski definition) is 4. The van der Waals surface area contributed by atoms with Crippen molar-refractivity contribution in [3.63, 3.8) is 0 Å². The topological polar surface area (TPSA) is 65.3 Å². The van der Waals surface area contributed by atoms with Crippen LogP contribution in [0.15, 0.2) is 22.4 Å². The number of hydrogen-bond donors (Lipinski definition) is 1. The van der Waals surface area contributed by atoms with Gasteiger partial charge in [0.05, 0.1) is 11.3 Å². The zero-order valence-electron chi connectivity index (χ0n) is 7.85. The fraction of sp³-hybridized carbons (Fsp3) is 0.222. The molecule has 1 heterocycles. The predicted molar refractivity (Wildman–Crippen MR) is 51.9 cm³/mol. The second-order valence-electron chi connectivity index (χ2n) is 3.23. The van der Waals surface area contributed by atoms with Crippen molar-refractivity contribution in [1.29, 1.82) is 0 Å². The molecule has 0 aromatic heterocycles. The molecule has 0 fully saturated rings. The van der Waals surface area contributed by atoms with Gasteiger partial charge in [-0.2, -0.15) is 0 Å². The first kappa shape index (κ1) is 8.68. The van der Waals surface area contributed by atoms with E-state index in [0.717, 1.165) is 5.69 Å². The van der Waals surface area contributed by atoms with Gasteiger partial charge in [0.2, 0.25) is 0 Å². The lowest BCUT2D eigenvalue weighted by atomic mass is 10.1. The van der Waals surface area contributed by atoms with E-state index in [0.29, 0.717) is 11.4 Å². The van der Waals surface area contributed by atoms with Crippen molar-refractivity contribution in [2.24, 2.45) is 10.2 Å². The molecule has 0 saturated carbocycles. The van der Waals surface area contributed by atoms with E-state index in [2.05, 4.69) is 10.2 Å². The molecule has 72 valence electrons. The Kier molecular flexibility index (Phi) is 1.73. The maximum absolute atomic E-state index is 10.8. The maximum atomic E-state index is 10.8. The Morgan fingerprint density at radius 2 is 1.93 bits per heavy atom. The van der Waals surface area contributed by atoms with Gasteiger partial charge in [0.15, 0.2) is 0 Å². The summed E-state index contributed by atoms with van der Waals surface area (Å²) in [7, 11) is 3.76. The van der Waals surface area contributed by atoms with Gasteiger partial charge >= 0.3 is 5.97 Å². The highest BCUT2D eigenvalue weighted by molar-refractivity contribution is 6.00. The van der Waals surface area contributed by atoms with Gasteiger partial charge in [-0.05, 0) is 12.1 Å². The average molecular weight is 191 g/mol. The van der Waals surface area contributed by atoms with E-state index >= 15 is 0 Å². The second kappa shape index (κ2) is 2.80. The summed E-state index contributed by atoms with van der Waals surface area (Å²) in [6, 6.07) is 3.29. The monoisotopic (exact) mass is 191 g/mol. The molecule has 0 atom stereocenters. The lowest BCUT2D eigenvalue weighted by Crippen LogP contribution is -2.10. The van der Waals surface area contributed by atoms with Crippen LogP contribution in [0.25, 0.3) is 0 Å². The molecule has 1 aromatic rings. The number of aromatic carboxylic acids is 1. The van der Waals surface area contributed by atoms with Crippen LogP contribution in [0.5, 0.6) is 0 Å². The third kappa shape index (κ3) is 1.06. The van der Waals surface area contributed by atoms with Crippen molar-refractivity contribution >= 4 is 23.0 Å². The molecule has 1 aromatic carbocycles. The van der Waals surface area contributed by atoms with Crippen LogP contribution in [0, 0.1) is 0 Å². The van der Waals surface area contributed by atoms with Crippen LogP contribution in [0.4, 0.5) is 17.1 Å². The molecule has 5 nitrogen and oxygen atoms in total. The molecule has 2 rings (SSSR count). The van der Waals surface area contributed by atoms with Crippen LogP contribution in [-0.4, -0.2) is 25.2 Å². The largest absolute Gasteiger partial charge is 0.478 e. The maximum Gasteiger partial charge on any atom is 0.338 e. The lowest BCUT2D eigenvalue weighted by Gasteiger charge is -2.20. The van der Waals surface area contributed by atoms with E-state index in [1.165, 1.54) is 0 Å². The molecule has 0 bridgehead atoms. The number of carboxylic acids is 1. The fourth-order valence-corrected chi connectivity index (χ4v) is 1.36. The third-order valence-corrected chi connectivity index (χ3v) is 2.09. The van der Waals surface area contributed by atoms with Crippen molar-refractivity contribution < 1.29 is 9.90 Å². The Morgan fingerprint density at radius 1 is 1.29 bits per heavy atom. The summed E-state index contributed by atoms with van der Waals surface area (Å²) in [5.41, 5.74) is 2.24. The summed E-state index contributed by atoms with van der Waals surface area (Å²) >= 11 is 0. The predicted octanol–water partition coefficient (Wildman–Crippen LogP) is 2.18. The Morgan fingerprint density at radius 3 is 2.36 bits per heavy atom. The second-order valence-corrected chi connectivity index (χ2v) is 3.23. The Labute approximate surface area is 80.7 Å². The van der Waals surface area contributed by atoms with Gasteiger partial charge in [0, 0.05) is 14.1 Å². The van der Waals surface area contributed by atoms with Gasteiger partial charge in [-0.15, -0.1) is 10.2 Å². The Balaban J connectivity index is 2.56. The van der Waals surface area contributed by atoms with Crippen LogP contribution >= 0.6 is 0 Å². The molecule has 1 aliphatic heterocycles. The highest BCUT2D eigenvalue weighted by Crippen LogP contribution is 2.47. The summed E-state index contributed by atoms with van der Waals surface area (Å²) < 4.78 is 0. The first-order chi connectivity index (χ1) is 6.61. The van der Waals surface area contributed by atoms with Gasteiger partial charge < -0.3 is 10.0 Å². The minimum absolute atomic E-state index is 0.209. The molecule has 5 heteroatoms. The molecule has 0 unspecified atom stereocenters. The van der Waals surface area contributed by atoms with Crippen molar-refractivity contribution in [3.05, 3.63) is 17.7 Å². The van der Waals surface area contributed by atoms with E-state index in [1.54, 1.807) is 12.1 Å². The van der Waals surface area contributed by atoms with E-state index in [1.807, 2.05) is 19.0 Å². The standard InChI is InChI=1S/C9H9N3O2/c1-12(2)6-4-3-5(9(13)14)7-8(6)11-10-7/h3-4H,1-2H3,(H,13,14). The summed E-state index contributed by atoms with van der Waals surface area (Å²) in [6.45, 7) is 0. The number of fused-ring (bicyclic) bond motifs is 1. The molecular weight excluding hydrogens is 182 g/mol. The summed E-state index contributed by atoms with van der Waals surface area (Å²) in [6.07, 6.45) is 0. The molecule has 0 spiro atoms. The smallest absolute Gasteiger partial charge is 0.338 e. The molecule has 0 aliphatic carbocycles. The van der Waals surface area contributed by atoms with Gasteiger partial charge in [0.25, 0.3) is 0 Å².